The zero-order valence-electron chi connectivity index (χ0n) is 13.3. The van der Waals surface area contributed by atoms with E-state index in [1.165, 1.54) is 0 Å². The van der Waals surface area contributed by atoms with Gasteiger partial charge in [0.05, 0.1) is 0 Å². The molecule has 1 aromatic heterocycles. The quantitative estimate of drug-likeness (QED) is 0.847. The third-order valence-electron chi connectivity index (χ3n) is 3.42. The third kappa shape index (κ3) is 4.28. The lowest BCUT2D eigenvalue weighted by atomic mass is 10.1. The molecule has 0 radical (unpaired) electrons. The normalized spacial score (nSPS) is 10.3. The SMILES string of the molecule is CCCCC(=O)Nc1ccc(Nc2c(C)cccc2C)nn1. The van der Waals surface area contributed by atoms with Crippen LogP contribution in [0.3, 0.4) is 0 Å². The van der Waals surface area contributed by atoms with Crippen LogP contribution in [0.5, 0.6) is 0 Å². The first-order valence-corrected chi connectivity index (χ1v) is 7.57. The molecule has 0 aliphatic rings. The van der Waals surface area contributed by atoms with Crippen molar-refractivity contribution in [3.8, 4) is 0 Å². The number of carbonyl (C=O) groups is 1. The van der Waals surface area contributed by atoms with E-state index in [1.54, 1.807) is 6.07 Å². The summed E-state index contributed by atoms with van der Waals surface area (Å²) >= 11 is 0. The lowest BCUT2D eigenvalue weighted by Gasteiger charge is -2.11. The topological polar surface area (TPSA) is 66.9 Å². The van der Waals surface area contributed by atoms with E-state index in [0.717, 1.165) is 29.7 Å². The Balaban J connectivity index is 2.02. The van der Waals surface area contributed by atoms with E-state index in [9.17, 15) is 4.79 Å². The van der Waals surface area contributed by atoms with E-state index >= 15 is 0 Å². The van der Waals surface area contributed by atoms with Crippen molar-refractivity contribution in [1.82, 2.24) is 10.2 Å². The zero-order chi connectivity index (χ0) is 15.9. The number of carbonyl (C=O) groups excluding carboxylic acids is 1. The van der Waals surface area contributed by atoms with Gasteiger partial charge in [-0.1, -0.05) is 31.5 Å². The maximum atomic E-state index is 11.6. The summed E-state index contributed by atoms with van der Waals surface area (Å²) < 4.78 is 0. The molecule has 0 bridgehead atoms. The Morgan fingerprint density at radius 2 is 1.68 bits per heavy atom. The number of rotatable bonds is 6. The molecule has 0 unspecified atom stereocenters. The summed E-state index contributed by atoms with van der Waals surface area (Å²) in [6.45, 7) is 6.15. The van der Waals surface area contributed by atoms with Crippen LogP contribution in [0, 0.1) is 13.8 Å². The molecule has 2 rings (SSSR count). The van der Waals surface area contributed by atoms with E-state index in [2.05, 4.69) is 27.8 Å². The van der Waals surface area contributed by atoms with Gasteiger partial charge in [-0.3, -0.25) is 4.79 Å². The lowest BCUT2D eigenvalue weighted by Crippen LogP contribution is -2.12. The number of benzene rings is 1. The van der Waals surface area contributed by atoms with Gasteiger partial charge in [0.15, 0.2) is 11.6 Å². The van der Waals surface area contributed by atoms with E-state index in [-0.39, 0.29) is 5.91 Å². The Morgan fingerprint density at radius 3 is 2.27 bits per heavy atom. The average Bonchev–Trinajstić information content (AvgIpc) is 2.51. The van der Waals surface area contributed by atoms with Gasteiger partial charge in [0.2, 0.25) is 5.91 Å². The summed E-state index contributed by atoms with van der Waals surface area (Å²) in [6, 6.07) is 9.69. The minimum Gasteiger partial charge on any atom is -0.338 e. The second-order valence-electron chi connectivity index (χ2n) is 5.35. The zero-order valence-corrected chi connectivity index (χ0v) is 13.3. The Hall–Kier alpha value is -2.43. The van der Waals surface area contributed by atoms with Gasteiger partial charge in [-0.15, -0.1) is 10.2 Å². The van der Waals surface area contributed by atoms with Crippen molar-refractivity contribution in [2.45, 2.75) is 40.0 Å². The molecule has 2 N–H and O–H groups in total. The molecule has 0 saturated heterocycles. The van der Waals surface area contributed by atoms with Crippen LogP contribution < -0.4 is 10.6 Å². The van der Waals surface area contributed by atoms with Crippen molar-refractivity contribution in [2.75, 3.05) is 10.6 Å². The van der Waals surface area contributed by atoms with Crippen molar-refractivity contribution < 1.29 is 4.79 Å². The van der Waals surface area contributed by atoms with Crippen LogP contribution >= 0.6 is 0 Å². The van der Waals surface area contributed by atoms with Gasteiger partial charge in [-0.2, -0.15) is 0 Å². The van der Waals surface area contributed by atoms with Crippen LogP contribution in [0.25, 0.3) is 0 Å². The summed E-state index contributed by atoms with van der Waals surface area (Å²) in [7, 11) is 0. The Morgan fingerprint density at radius 1 is 1.05 bits per heavy atom. The fourth-order valence-electron chi connectivity index (χ4n) is 2.15. The number of para-hydroxylation sites is 1. The molecule has 2 aromatic rings. The number of anilines is 3. The predicted molar refractivity (Wildman–Crippen MR) is 89.4 cm³/mol. The summed E-state index contributed by atoms with van der Waals surface area (Å²) in [4.78, 5) is 11.6. The molecule has 0 aliphatic heterocycles. The van der Waals surface area contributed by atoms with Gasteiger partial charge < -0.3 is 10.6 Å². The molecule has 5 heteroatoms. The molecule has 22 heavy (non-hydrogen) atoms. The largest absolute Gasteiger partial charge is 0.338 e. The molecule has 1 amide bonds. The number of amides is 1. The minimum atomic E-state index is -0.0217. The van der Waals surface area contributed by atoms with E-state index in [4.69, 9.17) is 0 Å². The molecule has 0 spiro atoms. The van der Waals surface area contributed by atoms with Crippen LogP contribution in [-0.4, -0.2) is 16.1 Å². The highest BCUT2D eigenvalue weighted by atomic mass is 16.1. The maximum absolute atomic E-state index is 11.6. The minimum absolute atomic E-state index is 0.0217. The molecule has 0 aliphatic carbocycles. The number of aromatic nitrogens is 2. The molecule has 1 aromatic carbocycles. The van der Waals surface area contributed by atoms with Crippen molar-refractivity contribution in [3.05, 3.63) is 41.5 Å². The molecule has 116 valence electrons. The Kier molecular flexibility index (Phi) is 5.47. The second kappa shape index (κ2) is 7.54. The number of nitrogens with one attached hydrogen (secondary N) is 2. The number of aryl methyl sites for hydroxylation is 2. The van der Waals surface area contributed by atoms with Crippen LogP contribution in [-0.2, 0) is 4.79 Å². The summed E-state index contributed by atoms with van der Waals surface area (Å²) in [5.41, 5.74) is 3.34. The first-order valence-electron chi connectivity index (χ1n) is 7.57. The highest BCUT2D eigenvalue weighted by molar-refractivity contribution is 5.89. The average molecular weight is 298 g/mol. The highest BCUT2D eigenvalue weighted by Crippen LogP contribution is 2.23. The van der Waals surface area contributed by atoms with Gasteiger partial charge in [0.1, 0.15) is 0 Å². The van der Waals surface area contributed by atoms with Crippen molar-refractivity contribution in [2.24, 2.45) is 0 Å². The van der Waals surface area contributed by atoms with Gasteiger partial charge in [-0.25, -0.2) is 0 Å². The molecule has 0 saturated carbocycles. The van der Waals surface area contributed by atoms with Crippen molar-refractivity contribution in [1.29, 1.82) is 0 Å². The summed E-state index contributed by atoms with van der Waals surface area (Å²) in [6.07, 6.45) is 2.39. The fourth-order valence-corrected chi connectivity index (χ4v) is 2.15. The first-order chi connectivity index (χ1) is 10.6. The van der Waals surface area contributed by atoms with E-state index in [1.807, 2.05) is 38.1 Å². The molecule has 0 fully saturated rings. The van der Waals surface area contributed by atoms with Crippen molar-refractivity contribution in [3.63, 3.8) is 0 Å². The molecule has 1 heterocycles. The van der Waals surface area contributed by atoms with Crippen LogP contribution in [0.15, 0.2) is 30.3 Å². The number of hydrogen-bond acceptors (Lipinski definition) is 4. The van der Waals surface area contributed by atoms with Crippen LogP contribution in [0.2, 0.25) is 0 Å². The smallest absolute Gasteiger partial charge is 0.225 e. The standard InChI is InChI=1S/C17H22N4O/c1-4-5-9-16(22)18-14-10-11-15(21-20-14)19-17-12(2)7-6-8-13(17)3/h6-8,10-11H,4-5,9H2,1-3H3,(H,19,21)(H,18,20,22). The Labute approximate surface area is 131 Å². The van der Waals surface area contributed by atoms with Gasteiger partial charge in [0, 0.05) is 12.1 Å². The fraction of sp³-hybridized carbons (Fsp3) is 0.353. The second-order valence-corrected chi connectivity index (χ2v) is 5.35. The van der Waals surface area contributed by atoms with E-state index in [0.29, 0.717) is 18.1 Å². The van der Waals surface area contributed by atoms with Crippen LogP contribution in [0.4, 0.5) is 17.3 Å². The predicted octanol–water partition coefficient (Wildman–Crippen LogP) is 3.97. The third-order valence-corrected chi connectivity index (χ3v) is 3.42. The lowest BCUT2D eigenvalue weighted by molar-refractivity contribution is -0.116. The van der Waals surface area contributed by atoms with E-state index < -0.39 is 0 Å². The molecule has 0 atom stereocenters. The highest BCUT2D eigenvalue weighted by Gasteiger charge is 2.06. The summed E-state index contributed by atoms with van der Waals surface area (Å²) in [5.74, 6) is 1.11. The molecular weight excluding hydrogens is 276 g/mol. The maximum Gasteiger partial charge on any atom is 0.225 e. The van der Waals surface area contributed by atoms with Gasteiger partial charge >= 0.3 is 0 Å². The summed E-state index contributed by atoms with van der Waals surface area (Å²) in [5, 5.41) is 14.2. The van der Waals surface area contributed by atoms with Crippen molar-refractivity contribution >= 4 is 23.2 Å². The van der Waals surface area contributed by atoms with Crippen LogP contribution in [0.1, 0.15) is 37.3 Å². The van der Waals surface area contributed by atoms with Gasteiger partial charge in [0.25, 0.3) is 0 Å². The van der Waals surface area contributed by atoms with Gasteiger partial charge in [-0.05, 0) is 43.5 Å². The number of nitrogens with zero attached hydrogens (tertiary/aromatic N) is 2. The number of hydrogen-bond donors (Lipinski definition) is 2. The molecular formula is C17H22N4O. The molecule has 5 nitrogen and oxygen atoms in total. The number of unbranched alkanes of at least 4 members (excludes halogenated alkanes) is 1. The Bertz CT molecular complexity index is 617. The first kappa shape index (κ1) is 15.9. The monoisotopic (exact) mass is 298 g/mol.